The Balaban J connectivity index is 1.52. The molecule has 11 heteroatoms. The molecule has 1 aliphatic rings. The number of sulfonamides is 1. The van der Waals surface area contributed by atoms with Crippen LogP contribution in [0.5, 0.6) is 0 Å². The molecule has 0 saturated carbocycles. The van der Waals surface area contributed by atoms with Gasteiger partial charge in [0.25, 0.3) is 0 Å². The highest BCUT2D eigenvalue weighted by Gasteiger charge is 2.36. The van der Waals surface area contributed by atoms with Gasteiger partial charge < -0.3 is 4.90 Å². The van der Waals surface area contributed by atoms with Crippen LogP contribution in [0.4, 0.5) is 24.7 Å². The van der Waals surface area contributed by atoms with Gasteiger partial charge >= 0.3 is 0 Å². The van der Waals surface area contributed by atoms with E-state index in [0.717, 1.165) is 16.7 Å². The van der Waals surface area contributed by atoms with Crippen LogP contribution in [0.15, 0.2) is 48.7 Å². The van der Waals surface area contributed by atoms with E-state index in [0.29, 0.717) is 0 Å². The van der Waals surface area contributed by atoms with Crippen LogP contribution in [-0.4, -0.2) is 37.9 Å². The van der Waals surface area contributed by atoms with Gasteiger partial charge in [-0.25, -0.2) is 26.6 Å². The molecular weight excluding hydrogens is 507 g/mol. The van der Waals surface area contributed by atoms with Crippen molar-refractivity contribution in [2.75, 3.05) is 22.4 Å². The number of Topliss-reactive ketones (excluding diaryl/α,β-unsaturated/α-hetero) is 1. The SMILES string of the molecule is Cc1ccc(CC(=O)C[C@@H]2CCN(c3ccc(-c4cccnc4NS(C)(=O)=O)c(F)c3F)C2=O)c(F)c1. The average molecular weight is 532 g/mol. The van der Waals surface area contributed by atoms with Crippen molar-refractivity contribution in [2.45, 2.75) is 26.2 Å². The fourth-order valence-electron chi connectivity index (χ4n) is 4.36. The molecule has 1 fully saturated rings. The van der Waals surface area contributed by atoms with E-state index in [2.05, 4.69) is 9.71 Å². The van der Waals surface area contributed by atoms with Gasteiger partial charge in [0.1, 0.15) is 17.4 Å². The van der Waals surface area contributed by atoms with Gasteiger partial charge in [0, 0.05) is 42.6 Å². The minimum absolute atomic E-state index is 0.0236. The van der Waals surface area contributed by atoms with Crippen LogP contribution >= 0.6 is 0 Å². The molecule has 0 aliphatic carbocycles. The van der Waals surface area contributed by atoms with Crippen LogP contribution < -0.4 is 9.62 Å². The van der Waals surface area contributed by atoms with E-state index >= 15 is 8.78 Å². The number of amides is 1. The smallest absolute Gasteiger partial charge is 0.230 e. The number of aryl methyl sites for hydroxylation is 1. The summed E-state index contributed by atoms with van der Waals surface area (Å²) in [4.78, 5) is 30.5. The van der Waals surface area contributed by atoms with Crippen LogP contribution in [0.2, 0.25) is 0 Å². The van der Waals surface area contributed by atoms with Gasteiger partial charge in [-0.05, 0) is 54.8 Å². The number of ketones is 1. The summed E-state index contributed by atoms with van der Waals surface area (Å²) in [7, 11) is -3.73. The number of hydrogen-bond acceptors (Lipinski definition) is 5. The summed E-state index contributed by atoms with van der Waals surface area (Å²) in [6, 6.07) is 9.86. The lowest BCUT2D eigenvalue weighted by molar-refractivity contribution is -0.125. The first kappa shape index (κ1) is 26.3. The van der Waals surface area contributed by atoms with Gasteiger partial charge in [-0.1, -0.05) is 12.1 Å². The van der Waals surface area contributed by atoms with Gasteiger partial charge in [0.2, 0.25) is 15.9 Å². The van der Waals surface area contributed by atoms with Crippen molar-refractivity contribution in [1.82, 2.24) is 4.98 Å². The highest BCUT2D eigenvalue weighted by molar-refractivity contribution is 7.92. The predicted molar refractivity (Wildman–Crippen MR) is 133 cm³/mol. The second kappa shape index (κ2) is 10.3. The zero-order valence-corrected chi connectivity index (χ0v) is 20.9. The van der Waals surface area contributed by atoms with Crippen molar-refractivity contribution in [1.29, 1.82) is 0 Å². The standard InChI is InChI=1S/C26H24F3N3O4S/c1-15-5-6-16(21(27)12-15)13-18(33)14-17-9-11-32(26(17)34)22-8-7-19(23(28)24(22)29)20-4-3-10-30-25(20)31-37(2,35)36/h3-8,10,12,17H,9,11,13-14H2,1-2H3,(H,30,31)/t17-/m0/s1. The van der Waals surface area contributed by atoms with E-state index in [1.54, 1.807) is 13.0 Å². The molecule has 0 bridgehead atoms. The quantitative estimate of drug-likeness (QED) is 0.465. The Hall–Kier alpha value is -3.73. The van der Waals surface area contributed by atoms with Crippen LogP contribution in [0.1, 0.15) is 24.0 Å². The summed E-state index contributed by atoms with van der Waals surface area (Å²) in [5.41, 5.74) is 0.463. The van der Waals surface area contributed by atoms with Crippen molar-refractivity contribution in [3.8, 4) is 11.1 Å². The number of halogens is 3. The second-order valence-electron chi connectivity index (χ2n) is 9.02. The molecule has 0 spiro atoms. The fraction of sp³-hybridized carbons (Fsp3) is 0.269. The van der Waals surface area contributed by atoms with Crippen LogP contribution in [0.25, 0.3) is 11.1 Å². The Bertz CT molecular complexity index is 1490. The topological polar surface area (TPSA) is 96.4 Å². The average Bonchev–Trinajstić information content (AvgIpc) is 3.17. The minimum Gasteiger partial charge on any atom is -0.309 e. The molecule has 2 aromatic carbocycles. The fourth-order valence-corrected chi connectivity index (χ4v) is 4.87. The summed E-state index contributed by atoms with van der Waals surface area (Å²) in [5, 5.41) is 0. The second-order valence-corrected chi connectivity index (χ2v) is 10.8. The largest absolute Gasteiger partial charge is 0.309 e. The number of benzene rings is 2. The number of aromatic nitrogens is 1. The van der Waals surface area contributed by atoms with Crippen molar-refractivity contribution in [3.05, 3.63) is 77.2 Å². The maximum absolute atomic E-state index is 15.2. The number of rotatable bonds is 8. The summed E-state index contributed by atoms with van der Waals surface area (Å²) in [6.07, 6.45) is 2.17. The highest BCUT2D eigenvalue weighted by atomic mass is 32.2. The van der Waals surface area contributed by atoms with E-state index in [1.165, 1.54) is 42.6 Å². The Morgan fingerprint density at radius 3 is 2.57 bits per heavy atom. The van der Waals surface area contributed by atoms with E-state index in [4.69, 9.17) is 0 Å². The van der Waals surface area contributed by atoms with E-state index in [9.17, 15) is 22.4 Å². The summed E-state index contributed by atoms with van der Waals surface area (Å²) in [5.74, 6) is -4.80. The molecule has 1 atom stereocenters. The van der Waals surface area contributed by atoms with Crippen LogP contribution in [-0.2, 0) is 26.0 Å². The van der Waals surface area contributed by atoms with Gasteiger partial charge in [-0.15, -0.1) is 0 Å². The molecule has 1 saturated heterocycles. The summed E-state index contributed by atoms with van der Waals surface area (Å²) >= 11 is 0. The van der Waals surface area contributed by atoms with E-state index in [1.807, 2.05) is 0 Å². The molecule has 2 heterocycles. The van der Waals surface area contributed by atoms with Gasteiger partial charge in [-0.3, -0.25) is 14.3 Å². The first-order valence-electron chi connectivity index (χ1n) is 11.4. The van der Waals surface area contributed by atoms with Gasteiger partial charge in [0.05, 0.1) is 11.9 Å². The van der Waals surface area contributed by atoms with E-state index in [-0.39, 0.29) is 59.8 Å². The lowest BCUT2D eigenvalue weighted by atomic mass is 9.96. The number of nitrogens with one attached hydrogen (secondary N) is 1. The Kier molecular flexibility index (Phi) is 7.35. The summed E-state index contributed by atoms with van der Waals surface area (Å²) in [6.45, 7) is 1.82. The molecule has 1 aromatic heterocycles. The molecule has 1 aliphatic heterocycles. The molecule has 3 aromatic rings. The molecule has 0 unspecified atom stereocenters. The van der Waals surface area contributed by atoms with Crippen LogP contribution in [0, 0.1) is 30.3 Å². The lowest BCUT2D eigenvalue weighted by Gasteiger charge is -2.19. The first-order valence-corrected chi connectivity index (χ1v) is 13.3. The molecule has 194 valence electrons. The Morgan fingerprint density at radius 2 is 1.86 bits per heavy atom. The summed E-state index contributed by atoms with van der Waals surface area (Å²) < 4.78 is 69.8. The van der Waals surface area contributed by atoms with Crippen molar-refractivity contribution >= 4 is 33.2 Å². The van der Waals surface area contributed by atoms with Crippen LogP contribution in [0.3, 0.4) is 0 Å². The Morgan fingerprint density at radius 1 is 1.11 bits per heavy atom. The lowest BCUT2D eigenvalue weighted by Crippen LogP contribution is -2.29. The number of carbonyl (C=O) groups is 2. The zero-order chi connectivity index (χ0) is 26.9. The third-order valence-corrected chi connectivity index (χ3v) is 6.68. The third kappa shape index (κ3) is 5.82. The van der Waals surface area contributed by atoms with Crippen molar-refractivity contribution in [3.63, 3.8) is 0 Å². The number of anilines is 2. The van der Waals surface area contributed by atoms with E-state index < -0.39 is 39.3 Å². The number of nitrogens with zero attached hydrogens (tertiary/aromatic N) is 2. The molecule has 37 heavy (non-hydrogen) atoms. The number of pyridine rings is 1. The Labute approximate surface area is 212 Å². The molecular formula is C26H24F3N3O4S. The molecule has 7 nitrogen and oxygen atoms in total. The zero-order valence-electron chi connectivity index (χ0n) is 20.1. The first-order chi connectivity index (χ1) is 17.4. The maximum Gasteiger partial charge on any atom is 0.230 e. The van der Waals surface area contributed by atoms with Crippen molar-refractivity contribution < 1.29 is 31.2 Å². The number of carbonyl (C=O) groups excluding carboxylic acids is 2. The third-order valence-electron chi connectivity index (χ3n) is 6.12. The number of hydrogen-bond donors (Lipinski definition) is 1. The molecule has 1 amide bonds. The maximum atomic E-state index is 15.2. The highest BCUT2D eigenvalue weighted by Crippen LogP contribution is 2.36. The normalized spacial score (nSPS) is 15.8. The monoisotopic (exact) mass is 531 g/mol. The molecule has 0 radical (unpaired) electrons. The van der Waals surface area contributed by atoms with Gasteiger partial charge in [-0.2, -0.15) is 0 Å². The van der Waals surface area contributed by atoms with Crippen molar-refractivity contribution in [2.24, 2.45) is 5.92 Å². The predicted octanol–water partition coefficient (Wildman–Crippen LogP) is 4.40. The molecule has 4 rings (SSSR count). The minimum atomic E-state index is -3.73. The molecule has 1 N–H and O–H groups in total. The van der Waals surface area contributed by atoms with Gasteiger partial charge in [0.15, 0.2) is 11.6 Å².